The van der Waals surface area contributed by atoms with Crippen LogP contribution in [0.2, 0.25) is 0 Å². The van der Waals surface area contributed by atoms with Crippen molar-refractivity contribution in [2.24, 2.45) is 18.4 Å². The lowest BCUT2D eigenvalue weighted by Crippen LogP contribution is -2.41. The van der Waals surface area contributed by atoms with Gasteiger partial charge >= 0.3 is 18.1 Å². The number of carbonyl (C=O) groups is 2. The van der Waals surface area contributed by atoms with Crippen LogP contribution < -0.4 is 0 Å². The van der Waals surface area contributed by atoms with E-state index in [-0.39, 0.29) is 5.92 Å². The smallest absolute Gasteiger partial charge is 0.481 e. The van der Waals surface area contributed by atoms with Crippen LogP contribution in [0.4, 0.5) is 13.2 Å². The summed E-state index contributed by atoms with van der Waals surface area (Å²) in [6.45, 7) is 5.60. The summed E-state index contributed by atoms with van der Waals surface area (Å²) in [5.74, 6) is -3.21. The predicted molar refractivity (Wildman–Crippen MR) is 103 cm³/mol. The number of alkyl halides is 3. The Morgan fingerprint density at radius 2 is 1.94 bits per heavy atom. The highest BCUT2D eigenvalue weighted by molar-refractivity contribution is 5.76. The molecule has 2 fully saturated rings. The van der Waals surface area contributed by atoms with Gasteiger partial charge in [0.2, 0.25) is 0 Å². The lowest BCUT2D eigenvalue weighted by atomic mass is 9.75. The summed E-state index contributed by atoms with van der Waals surface area (Å²) in [5, 5.41) is 21.3. The molecule has 12 heteroatoms. The summed E-state index contributed by atoms with van der Waals surface area (Å²) in [6, 6.07) is 0. The minimum atomic E-state index is -5.08. The van der Waals surface area contributed by atoms with Crippen LogP contribution in [0.1, 0.15) is 18.4 Å². The highest BCUT2D eigenvalue weighted by atomic mass is 19.4. The SMILES string of the molecule is COCCN1C[C@@H]2CN(Cc3cnn(C)c3)CCC[C@]2(C(=O)O)C1.O=C(O)C(F)(F)F. The molecule has 0 bridgehead atoms. The van der Waals surface area contributed by atoms with E-state index >= 15 is 0 Å². The van der Waals surface area contributed by atoms with Crippen LogP contribution in [0.25, 0.3) is 0 Å². The number of fused-ring (bicyclic) bond motifs is 1. The quantitative estimate of drug-likeness (QED) is 0.668. The number of carboxylic acid groups (broad SMARTS) is 2. The number of rotatable bonds is 6. The zero-order chi connectivity index (χ0) is 23.2. The van der Waals surface area contributed by atoms with Crippen LogP contribution in [-0.4, -0.2) is 94.3 Å². The number of methoxy groups -OCH3 is 1. The number of likely N-dealkylation sites (tertiary alicyclic amines) is 2. The molecule has 2 aliphatic heterocycles. The van der Waals surface area contributed by atoms with E-state index in [0.717, 1.165) is 45.6 Å². The number of hydrogen-bond acceptors (Lipinski definition) is 6. The topological polar surface area (TPSA) is 108 Å². The maximum absolute atomic E-state index is 12.1. The molecule has 2 N–H and O–H groups in total. The standard InChI is InChI=1S/C17H28N4O3.C2HF3O2/c1-19-9-14(8-18-19)10-20-5-3-4-17(16(22)23)13-21(6-7-24-2)12-15(17)11-20;3-2(4,5)1(6)7/h8-9,15H,3-7,10-13H2,1-2H3,(H,22,23);(H,6,7)/t15-,17-;/m0./s1. The lowest BCUT2D eigenvalue weighted by molar-refractivity contribution is -0.192. The molecule has 0 spiro atoms. The third kappa shape index (κ3) is 6.65. The number of nitrogens with zero attached hydrogens (tertiary/aromatic N) is 4. The van der Waals surface area contributed by atoms with Gasteiger partial charge in [-0.3, -0.25) is 19.3 Å². The van der Waals surface area contributed by atoms with Gasteiger partial charge in [0.25, 0.3) is 0 Å². The largest absolute Gasteiger partial charge is 0.490 e. The fourth-order valence-corrected chi connectivity index (χ4v) is 4.31. The highest BCUT2D eigenvalue weighted by Gasteiger charge is 2.53. The van der Waals surface area contributed by atoms with Crippen molar-refractivity contribution < 1.29 is 37.7 Å². The molecule has 0 aliphatic carbocycles. The first-order valence-electron chi connectivity index (χ1n) is 9.92. The normalized spacial score (nSPS) is 24.7. The molecule has 2 atom stereocenters. The number of aromatic nitrogens is 2. The Morgan fingerprint density at radius 3 is 2.45 bits per heavy atom. The van der Waals surface area contributed by atoms with Gasteiger partial charge in [-0.15, -0.1) is 0 Å². The van der Waals surface area contributed by atoms with E-state index in [9.17, 15) is 23.1 Å². The van der Waals surface area contributed by atoms with Gasteiger partial charge in [-0.1, -0.05) is 0 Å². The van der Waals surface area contributed by atoms with Crippen LogP contribution >= 0.6 is 0 Å². The maximum atomic E-state index is 12.1. The first-order chi connectivity index (χ1) is 14.5. The second-order valence-electron chi connectivity index (χ2n) is 8.05. The van der Waals surface area contributed by atoms with Gasteiger partial charge in [0.1, 0.15) is 0 Å². The number of ether oxygens (including phenoxy) is 1. The molecule has 2 saturated heterocycles. The first kappa shape index (κ1) is 25.1. The fourth-order valence-electron chi connectivity index (χ4n) is 4.31. The highest BCUT2D eigenvalue weighted by Crippen LogP contribution is 2.43. The van der Waals surface area contributed by atoms with E-state index < -0.39 is 23.5 Å². The lowest BCUT2D eigenvalue weighted by Gasteiger charge is -2.29. The third-order valence-electron chi connectivity index (χ3n) is 5.79. The van der Waals surface area contributed by atoms with Crippen LogP contribution in [0.5, 0.6) is 0 Å². The number of halogens is 3. The van der Waals surface area contributed by atoms with Crippen LogP contribution in [0, 0.1) is 11.3 Å². The molecule has 1 aromatic heterocycles. The summed E-state index contributed by atoms with van der Waals surface area (Å²) in [4.78, 5) is 25.7. The Kier molecular flexibility index (Phi) is 8.43. The molecule has 3 rings (SSSR count). The Bertz CT molecular complexity index is 757. The van der Waals surface area contributed by atoms with Crippen LogP contribution in [0.3, 0.4) is 0 Å². The van der Waals surface area contributed by atoms with E-state index in [1.807, 2.05) is 24.1 Å². The molecular formula is C19H29F3N4O5. The number of aryl methyl sites for hydroxylation is 1. The minimum absolute atomic E-state index is 0.172. The van der Waals surface area contributed by atoms with Crippen LogP contribution in [0.15, 0.2) is 12.4 Å². The second kappa shape index (κ2) is 10.4. The molecule has 0 saturated carbocycles. The van der Waals surface area contributed by atoms with E-state index in [1.54, 1.807) is 7.11 Å². The van der Waals surface area contributed by atoms with E-state index in [2.05, 4.69) is 14.9 Å². The zero-order valence-corrected chi connectivity index (χ0v) is 17.6. The van der Waals surface area contributed by atoms with Gasteiger partial charge < -0.3 is 14.9 Å². The molecule has 176 valence electrons. The average molecular weight is 450 g/mol. The number of carboxylic acids is 2. The molecule has 31 heavy (non-hydrogen) atoms. The van der Waals surface area contributed by atoms with Gasteiger partial charge in [0, 0.05) is 64.6 Å². The molecule has 3 heterocycles. The summed E-state index contributed by atoms with van der Waals surface area (Å²) in [5.41, 5.74) is 0.590. The van der Waals surface area contributed by atoms with E-state index in [0.29, 0.717) is 13.2 Å². The molecule has 9 nitrogen and oxygen atoms in total. The number of aliphatic carboxylic acids is 2. The van der Waals surface area contributed by atoms with E-state index in [4.69, 9.17) is 14.6 Å². The van der Waals surface area contributed by atoms with Crippen molar-refractivity contribution in [1.82, 2.24) is 19.6 Å². The summed E-state index contributed by atoms with van der Waals surface area (Å²) in [7, 11) is 3.61. The maximum Gasteiger partial charge on any atom is 0.490 e. The molecule has 0 unspecified atom stereocenters. The monoisotopic (exact) mass is 450 g/mol. The Morgan fingerprint density at radius 1 is 1.29 bits per heavy atom. The first-order valence-corrected chi connectivity index (χ1v) is 9.92. The molecule has 0 aromatic carbocycles. The molecular weight excluding hydrogens is 421 g/mol. The van der Waals surface area contributed by atoms with Crippen molar-refractivity contribution in [2.75, 3.05) is 46.4 Å². The Hall–Kier alpha value is -2.18. The van der Waals surface area contributed by atoms with E-state index in [1.165, 1.54) is 5.56 Å². The molecule has 0 radical (unpaired) electrons. The second-order valence-corrected chi connectivity index (χ2v) is 8.05. The van der Waals surface area contributed by atoms with Crippen molar-refractivity contribution in [3.05, 3.63) is 18.0 Å². The van der Waals surface area contributed by atoms with Gasteiger partial charge in [-0.25, -0.2) is 4.79 Å². The molecule has 2 aliphatic rings. The number of hydrogen-bond donors (Lipinski definition) is 2. The van der Waals surface area contributed by atoms with Crippen molar-refractivity contribution in [3.63, 3.8) is 0 Å². The predicted octanol–water partition coefficient (Wildman–Crippen LogP) is 1.30. The van der Waals surface area contributed by atoms with Crippen molar-refractivity contribution in [3.8, 4) is 0 Å². The van der Waals surface area contributed by atoms with Crippen LogP contribution in [-0.2, 0) is 27.9 Å². The Balaban J connectivity index is 0.000000423. The zero-order valence-electron chi connectivity index (χ0n) is 17.6. The summed E-state index contributed by atoms with van der Waals surface area (Å²) < 4.78 is 38.7. The summed E-state index contributed by atoms with van der Waals surface area (Å²) >= 11 is 0. The Labute approximate surface area is 178 Å². The van der Waals surface area contributed by atoms with Gasteiger partial charge in [0.15, 0.2) is 0 Å². The molecule has 1 aromatic rings. The van der Waals surface area contributed by atoms with Crippen molar-refractivity contribution >= 4 is 11.9 Å². The summed E-state index contributed by atoms with van der Waals surface area (Å²) in [6.07, 6.45) is 0.547. The third-order valence-corrected chi connectivity index (χ3v) is 5.79. The average Bonchev–Trinajstić information content (AvgIpc) is 3.19. The van der Waals surface area contributed by atoms with Gasteiger partial charge in [0.05, 0.1) is 18.2 Å². The van der Waals surface area contributed by atoms with Crippen molar-refractivity contribution in [2.45, 2.75) is 25.6 Å². The minimum Gasteiger partial charge on any atom is -0.481 e. The molecule has 0 amide bonds. The van der Waals surface area contributed by atoms with Gasteiger partial charge in [-0.2, -0.15) is 18.3 Å². The van der Waals surface area contributed by atoms with Gasteiger partial charge in [-0.05, 0) is 19.4 Å². The van der Waals surface area contributed by atoms with Crippen molar-refractivity contribution in [1.29, 1.82) is 0 Å². The fraction of sp³-hybridized carbons (Fsp3) is 0.737.